The van der Waals surface area contributed by atoms with Crippen LogP contribution in [-0.4, -0.2) is 33.6 Å². The maximum atomic E-state index is 11.2. The number of hydrogen-bond donors (Lipinski definition) is 2. The first kappa shape index (κ1) is 19.1. The Labute approximate surface area is 172 Å². The predicted octanol–water partition coefficient (Wildman–Crippen LogP) is 2.38. The van der Waals surface area contributed by atoms with Crippen molar-refractivity contribution in [3.05, 3.63) is 62.7 Å². The molecule has 29 heavy (non-hydrogen) atoms. The molecule has 0 saturated heterocycles. The van der Waals surface area contributed by atoms with Crippen LogP contribution in [0.15, 0.2) is 35.4 Å². The van der Waals surface area contributed by atoms with Gasteiger partial charge in [0.05, 0.1) is 16.7 Å². The lowest BCUT2D eigenvalue weighted by atomic mass is 9.93. The Balaban J connectivity index is 1.91. The number of hydrazine groups is 1. The Bertz CT molecular complexity index is 1060. The zero-order chi connectivity index (χ0) is 20.7. The molecule has 4 rings (SSSR count). The number of nitrogens with two attached hydrogens (primary N) is 1. The topological polar surface area (TPSA) is 115 Å². The zero-order valence-corrected chi connectivity index (χ0v) is 16.7. The van der Waals surface area contributed by atoms with E-state index in [9.17, 15) is 10.1 Å². The highest BCUT2D eigenvalue weighted by atomic mass is 32.1. The largest absolute Gasteiger partial charge is 0.454 e. The molecule has 0 saturated carbocycles. The monoisotopic (exact) mass is 413 g/mol. The second-order valence-corrected chi connectivity index (χ2v) is 7.30. The highest BCUT2D eigenvalue weighted by Gasteiger charge is 2.29. The standard InChI is InChI=1S/C19H19N5O4S/c1-10-5-12(3-4-15(10)24(25)26)18-14-8-17-16(27-9-28-17)7-13(14)6-11(2)23(22-18)19(29)21-20/h3-5,7-8,11H,6,9,20H2,1-2H3,(H,21,29). The summed E-state index contributed by atoms with van der Waals surface area (Å²) in [6.07, 6.45) is 0.646. The number of nitro groups is 1. The molecule has 9 nitrogen and oxygen atoms in total. The fraction of sp³-hybridized carbons (Fsp3) is 0.263. The smallest absolute Gasteiger partial charge is 0.272 e. The number of nitro benzene ring substituents is 1. The van der Waals surface area contributed by atoms with Crippen LogP contribution in [0.5, 0.6) is 11.5 Å². The summed E-state index contributed by atoms with van der Waals surface area (Å²) < 4.78 is 11.1. The van der Waals surface area contributed by atoms with Gasteiger partial charge in [-0.1, -0.05) is 0 Å². The molecule has 0 fully saturated rings. The number of rotatable bonds is 2. The molecule has 0 spiro atoms. The van der Waals surface area contributed by atoms with Gasteiger partial charge in [-0.15, -0.1) is 0 Å². The number of ether oxygens (including phenoxy) is 2. The van der Waals surface area contributed by atoms with Crippen molar-refractivity contribution in [2.75, 3.05) is 6.79 Å². The van der Waals surface area contributed by atoms with Crippen molar-refractivity contribution in [2.24, 2.45) is 10.9 Å². The van der Waals surface area contributed by atoms with Gasteiger partial charge in [-0.3, -0.25) is 15.5 Å². The van der Waals surface area contributed by atoms with E-state index in [1.165, 1.54) is 6.07 Å². The highest BCUT2D eigenvalue weighted by Crippen LogP contribution is 2.38. The lowest BCUT2D eigenvalue weighted by Crippen LogP contribution is -2.45. The molecule has 0 bridgehead atoms. The van der Waals surface area contributed by atoms with E-state index in [0.717, 1.165) is 16.7 Å². The third kappa shape index (κ3) is 3.36. The van der Waals surface area contributed by atoms with E-state index >= 15 is 0 Å². The maximum Gasteiger partial charge on any atom is 0.272 e. The summed E-state index contributed by atoms with van der Waals surface area (Å²) in [5.74, 6) is 6.86. The first-order chi connectivity index (χ1) is 13.9. The van der Waals surface area contributed by atoms with Crippen LogP contribution in [0.4, 0.5) is 5.69 Å². The van der Waals surface area contributed by atoms with Gasteiger partial charge >= 0.3 is 0 Å². The van der Waals surface area contributed by atoms with Crippen LogP contribution >= 0.6 is 12.2 Å². The number of nitrogens with zero attached hydrogens (tertiary/aromatic N) is 3. The third-order valence-corrected chi connectivity index (χ3v) is 5.30. The van der Waals surface area contributed by atoms with Crippen LogP contribution in [0, 0.1) is 17.0 Å². The second-order valence-electron chi connectivity index (χ2n) is 6.92. The summed E-state index contributed by atoms with van der Waals surface area (Å²) >= 11 is 5.34. The van der Waals surface area contributed by atoms with Gasteiger partial charge in [-0.05, 0) is 62.3 Å². The summed E-state index contributed by atoms with van der Waals surface area (Å²) in [7, 11) is 0. The van der Waals surface area contributed by atoms with Crippen molar-refractivity contribution in [1.29, 1.82) is 0 Å². The molecule has 3 N–H and O–H groups in total. The normalized spacial score (nSPS) is 17.3. The van der Waals surface area contributed by atoms with Crippen LogP contribution in [0.2, 0.25) is 0 Å². The van der Waals surface area contributed by atoms with Crippen LogP contribution in [0.1, 0.15) is 29.2 Å². The van der Waals surface area contributed by atoms with Gasteiger partial charge in [0.2, 0.25) is 11.9 Å². The molecule has 2 heterocycles. The average molecular weight is 413 g/mol. The molecule has 10 heteroatoms. The fourth-order valence-electron chi connectivity index (χ4n) is 3.57. The first-order valence-corrected chi connectivity index (χ1v) is 9.36. The molecule has 2 aromatic carbocycles. The molecule has 2 aliphatic rings. The summed E-state index contributed by atoms with van der Waals surface area (Å²) in [5, 5.41) is 17.9. The Morgan fingerprint density at radius 1 is 1.34 bits per heavy atom. The van der Waals surface area contributed by atoms with Crippen molar-refractivity contribution < 1.29 is 14.4 Å². The lowest BCUT2D eigenvalue weighted by molar-refractivity contribution is -0.385. The minimum atomic E-state index is -0.401. The molecule has 150 valence electrons. The lowest BCUT2D eigenvalue weighted by Gasteiger charge is -2.25. The number of hydrazone groups is 1. The van der Waals surface area contributed by atoms with Crippen molar-refractivity contribution in [1.82, 2.24) is 10.4 Å². The second kappa shape index (κ2) is 7.30. The van der Waals surface area contributed by atoms with Gasteiger partial charge in [-0.25, -0.2) is 10.9 Å². The molecule has 2 aliphatic heterocycles. The van der Waals surface area contributed by atoms with E-state index in [2.05, 4.69) is 5.43 Å². The SMILES string of the molecule is Cc1cc(C2=NN(C(=S)NN)C(C)Cc3cc4c(cc32)OCO4)ccc1[N+](=O)[O-]. The Morgan fingerprint density at radius 2 is 2.07 bits per heavy atom. The van der Waals surface area contributed by atoms with E-state index in [0.29, 0.717) is 29.2 Å². The Morgan fingerprint density at radius 3 is 2.72 bits per heavy atom. The molecule has 1 atom stereocenters. The van der Waals surface area contributed by atoms with Gasteiger partial charge in [0, 0.05) is 22.8 Å². The summed E-state index contributed by atoms with van der Waals surface area (Å²) in [5.41, 5.74) is 6.30. The van der Waals surface area contributed by atoms with E-state index in [4.69, 9.17) is 32.6 Å². The number of aryl methyl sites for hydroxylation is 1. The van der Waals surface area contributed by atoms with E-state index < -0.39 is 4.92 Å². The summed E-state index contributed by atoms with van der Waals surface area (Å²) in [4.78, 5) is 10.8. The third-order valence-electron chi connectivity index (χ3n) is 4.99. The summed E-state index contributed by atoms with van der Waals surface area (Å²) in [6.45, 7) is 3.86. The minimum Gasteiger partial charge on any atom is -0.454 e. The fourth-order valence-corrected chi connectivity index (χ4v) is 3.79. The van der Waals surface area contributed by atoms with Crippen molar-refractivity contribution in [3.63, 3.8) is 0 Å². The molecular weight excluding hydrogens is 394 g/mol. The molecule has 0 aromatic heterocycles. The number of nitrogens with one attached hydrogen (secondary N) is 1. The summed E-state index contributed by atoms with van der Waals surface area (Å²) in [6, 6.07) is 8.68. The predicted molar refractivity (Wildman–Crippen MR) is 111 cm³/mol. The van der Waals surface area contributed by atoms with Crippen LogP contribution in [0.25, 0.3) is 0 Å². The van der Waals surface area contributed by atoms with Gasteiger partial charge in [0.25, 0.3) is 5.69 Å². The number of thiocarbonyl (C=S) groups is 1. The van der Waals surface area contributed by atoms with Crippen LogP contribution < -0.4 is 20.7 Å². The maximum absolute atomic E-state index is 11.2. The quantitative estimate of drug-likeness (QED) is 0.334. The van der Waals surface area contributed by atoms with E-state index in [-0.39, 0.29) is 23.6 Å². The first-order valence-electron chi connectivity index (χ1n) is 8.95. The van der Waals surface area contributed by atoms with Gasteiger partial charge < -0.3 is 9.47 Å². The molecule has 0 aliphatic carbocycles. The molecule has 2 aromatic rings. The van der Waals surface area contributed by atoms with Crippen LogP contribution in [0.3, 0.4) is 0 Å². The van der Waals surface area contributed by atoms with E-state index in [1.54, 1.807) is 24.1 Å². The number of fused-ring (bicyclic) bond motifs is 2. The van der Waals surface area contributed by atoms with Crippen molar-refractivity contribution in [2.45, 2.75) is 26.3 Å². The Kier molecular flexibility index (Phi) is 4.81. The van der Waals surface area contributed by atoms with Crippen molar-refractivity contribution >= 4 is 28.7 Å². The van der Waals surface area contributed by atoms with Crippen LogP contribution in [-0.2, 0) is 6.42 Å². The number of hydrogen-bond acceptors (Lipinski definition) is 7. The highest BCUT2D eigenvalue weighted by molar-refractivity contribution is 7.80. The van der Waals surface area contributed by atoms with Gasteiger partial charge in [0.15, 0.2) is 11.5 Å². The number of benzene rings is 2. The molecule has 1 unspecified atom stereocenters. The average Bonchev–Trinajstić information content (AvgIpc) is 3.09. The molecule has 0 amide bonds. The van der Waals surface area contributed by atoms with Crippen molar-refractivity contribution in [3.8, 4) is 11.5 Å². The minimum absolute atomic E-state index is 0.0539. The molecule has 0 radical (unpaired) electrons. The van der Waals surface area contributed by atoms with Gasteiger partial charge in [0.1, 0.15) is 0 Å². The van der Waals surface area contributed by atoms with Gasteiger partial charge in [-0.2, -0.15) is 5.10 Å². The van der Waals surface area contributed by atoms with E-state index in [1.807, 2.05) is 19.1 Å². The molecular formula is C19H19N5O4S. The zero-order valence-electron chi connectivity index (χ0n) is 15.8. The Hall–Kier alpha value is -3.24.